The Labute approximate surface area is 88.2 Å². The molecule has 0 amide bonds. The minimum Gasteiger partial charge on any atom is -0.475 e. The summed E-state index contributed by atoms with van der Waals surface area (Å²) in [5.74, 6) is -2.80. The fraction of sp³-hybridized carbons (Fsp3) is 0.143. The number of halogens is 5. The molecule has 1 aromatic carbocycles. The normalized spacial score (nSPS) is 10.2. The molecule has 0 spiro atoms. The minimum atomic E-state index is -1.24. The molecule has 0 unspecified atom stereocenters. The summed E-state index contributed by atoms with van der Waals surface area (Å²) in [7, 11) is 0. The van der Waals surface area contributed by atoms with E-state index in [1.54, 1.807) is 0 Å². The van der Waals surface area contributed by atoms with Crippen LogP contribution in [0.3, 0.4) is 0 Å². The van der Waals surface area contributed by atoms with Gasteiger partial charge in [-0.2, -0.15) is 4.39 Å². The molecule has 0 radical (unpaired) electrons. The SMILES string of the molecule is Fc1c(OCCl)cc(Cl)c(Cl)c1F. The molecule has 1 aromatic rings. The predicted octanol–water partition coefficient (Wildman–Crippen LogP) is 3.85. The second-order valence-corrected chi connectivity index (χ2v) is 3.06. The molecule has 0 fully saturated rings. The zero-order valence-corrected chi connectivity index (χ0v) is 8.35. The summed E-state index contributed by atoms with van der Waals surface area (Å²) in [5.41, 5.74) is 0. The highest BCUT2D eigenvalue weighted by Gasteiger charge is 2.16. The van der Waals surface area contributed by atoms with Crippen LogP contribution in [-0.4, -0.2) is 6.07 Å². The van der Waals surface area contributed by atoms with E-state index < -0.39 is 16.7 Å². The first-order valence-corrected chi connectivity index (χ1v) is 4.38. The van der Waals surface area contributed by atoms with E-state index in [1.165, 1.54) is 0 Å². The van der Waals surface area contributed by atoms with Crippen LogP contribution in [0.1, 0.15) is 0 Å². The molecule has 0 saturated heterocycles. The molecule has 0 atom stereocenters. The van der Waals surface area contributed by atoms with E-state index in [0.29, 0.717) is 0 Å². The quantitative estimate of drug-likeness (QED) is 0.438. The van der Waals surface area contributed by atoms with Crippen molar-refractivity contribution < 1.29 is 13.5 Å². The van der Waals surface area contributed by atoms with Gasteiger partial charge in [-0.15, -0.1) is 0 Å². The minimum absolute atomic E-state index is 0.124. The van der Waals surface area contributed by atoms with Crippen LogP contribution in [0.2, 0.25) is 10.0 Å². The summed E-state index contributed by atoms with van der Waals surface area (Å²) in [6.07, 6.45) is 0. The van der Waals surface area contributed by atoms with Crippen LogP contribution in [0.15, 0.2) is 6.07 Å². The third-order valence-corrected chi connectivity index (χ3v) is 2.15. The molecule has 0 heterocycles. The van der Waals surface area contributed by atoms with Gasteiger partial charge in [-0.3, -0.25) is 0 Å². The van der Waals surface area contributed by atoms with Crippen LogP contribution < -0.4 is 4.74 Å². The molecule has 0 N–H and O–H groups in total. The van der Waals surface area contributed by atoms with Crippen molar-refractivity contribution in [1.82, 2.24) is 0 Å². The average Bonchev–Trinajstić information content (AvgIpc) is 2.11. The first kappa shape index (κ1) is 10.8. The number of benzene rings is 1. The highest BCUT2D eigenvalue weighted by molar-refractivity contribution is 6.42. The summed E-state index contributed by atoms with van der Waals surface area (Å²) in [6, 6.07) is 0.763. The lowest BCUT2D eigenvalue weighted by Crippen LogP contribution is -1.96. The Hall–Kier alpha value is -0.250. The van der Waals surface area contributed by atoms with Gasteiger partial charge in [0.05, 0.1) is 10.0 Å². The Morgan fingerprint density at radius 2 is 1.85 bits per heavy atom. The van der Waals surface area contributed by atoms with Crippen molar-refractivity contribution >= 4 is 34.8 Å². The molecule has 1 nitrogen and oxygen atoms in total. The molecular weight excluding hydrogens is 244 g/mol. The number of ether oxygens (including phenoxy) is 1. The summed E-state index contributed by atoms with van der Waals surface area (Å²) in [6.45, 7) is 0. The van der Waals surface area contributed by atoms with E-state index in [1.807, 2.05) is 0 Å². The van der Waals surface area contributed by atoms with Gasteiger partial charge < -0.3 is 4.74 Å². The van der Waals surface area contributed by atoms with Crippen LogP contribution >= 0.6 is 34.8 Å². The van der Waals surface area contributed by atoms with Gasteiger partial charge >= 0.3 is 0 Å². The average molecular weight is 247 g/mol. The third kappa shape index (κ3) is 2.16. The zero-order valence-electron chi connectivity index (χ0n) is 6.08. The van der Waals surface area contributed by atoms with Gasteiger partial charge in [-0.1, -0.05) is 34.8 Å². The fourth-order valence-corrected chi connectivity index (χ4v) is 1.15. The number of hydrogen-bond donors (Lipinski definition) is 0. The Bertz CT molecular complexity index is 330. The first-order chi connectivity index (χ1) is 6.07. The monoisotopic (exact) mass is 246 g/mol. The van der Waals surface area contributed by atoms with E-state index in [-0.39, 0.29) is 16.8 Å². The van der Waals surface area contributed by atoms with Crippen LogP contribution in [-0.2, 0) is 0 Å². The predicted molar refractivity (Wildman–Crippen MR) is 47.7 cm³/mol. The zero-order chi connectivity index (χ0) is 10.0. The first-order valence-electron chi connectivity index (χ1n) is 3.09. The maximum Gasteiger partial charge on any atom is 0.202 e. The Morgan fingerprint density at radius 1 is 1.23 bits per heavy atom. The van der Waals surface area contributed by atoms with Crippen molar-refractivity contribution in [2.24, 2.45) is 0 Å². The van der Waals surface area contributed by atoms with Gasteiger partial charge in [-0.25, -0.2) is 4.39 Å². The lowest BCUT2D eigenvalue weighted by Gasteiger charge is -2.06. The maximum atomic E-state index is 12.9. The molecule has 0 bridgehead atoms. The van der Waals surface area contributed by atoms with Crippen molar-refractivity contribution in [3.8, 4) is 5.75 Å². The lowest BCUT2D eigenvalue weighted by atomic mass is 10.3. The van der Waals surface area contributed by atoms with Crippen molar-refractivity contribution in [2.75, 3.05) is 6.07 Å². The number of alkyl halides is 1. The van der Waals surface area contributed by atoms with Crippen LogP contribution in [0, 0.1) is 11.6 Å². The van der Waals surface area contributed by atoms with E-state index in [4.69, 9.17) is 34.8 Å². The summed E-state index contributed by atoms with van der Waals surface area (Å²) in [4.78, 5) is 0. The topological polar surface area (TPSA) is 9.23 Å². The molecule has 6 heteroatoms. The van der Waals surface area contributed by atoms with Crippen molar-refractivity contribution in [3.63, 3.8) is 0 Å². The highest BCUT2D eigenvalue weighted by Crippen LogP contribution is 2.33. The van der Waals surface area contributed by atoms with Crippen LogP contribution in [0.25, 0.3) is 0 Å². The van der Waals surface area contributed by atoms with Gasteiger partial charge in [0.15, 0.2) is 17.6 Å². The molecule has 1 rings (SSSR count). The van der Waals surface area contributed by atoms with Crippen molar-refractivity contribution in [1.29, 1.82) is 0 Å². The van der Waals surface area contributed by atoms with E-state index in [0.717, 1.165) is 6.07 Å². The number of hydrogen-bond acceptors (Lipinski definition) is 1. The molecule has 72 valence electrons. The van der Waals surface area contributed by atoms with Crippen molar-refractivity contribution in [3.05, 3.63) is 27.7 Å². The van der Waals surface area contributed by atoms with E-state index >= 15 is 0 Å². The van der Waals surface area contributed by atoms with Gasteiger partial charge in [-0.05, 0) is 0 Å². The Balaban J connectivity index is 3.24. The molecule has 0 aliphatic carbocycles. The van der Waals surface area contributed by atoms with Crippen LogP contribution in [0.5, 0.6) is 5.75 Å². The van der Waals surface area contributed by atoms with E-state index in [2.05, 4.69) is 4.74 Å². The maximum absolute atomic E-state index is 12.9. The molecule has 0 aliphatic heterocycles. The standard InChI is InChI=1S/C7H3Cl3F2O/c8-2-13-4-1-3(9)5(10)7(12)6(4)11/h1H,2H2. The summed E-state index contributed by atoms with van der Waals surface area (Å²) in [5, 5.41) is -0.596. The fourth-order valence-electron chi connectivity index (χ4n) is 0.715. The highest BCUT2D eigenvalue weighted by atomic mass is 35.5. The summed E-state index contributed by atoms with van der Waals surface area (Å²) >= 11 is 15.9. The molecular formula is C7H3Cl3F2O. The van der Waals surface area contributed by atoms with Gasteiger partial charge in [0.25, 0.3) is 0 Å². The Kier molecular flexibility index (Phi) is 3.59. The summed E-state index contributed by atoms with van der Waals surface area (Å²) < 4.78 is 30.3. The van der Waals surface area contributed by atoms with E-state index in [9.17, 15) is 8.78 Å². The number of rotatable bonds is 2. The van der Waals surface area contributed by atoms with Gasteiger partial charge in [0, 0.05) is 6.07 Å². The lowest BCUT2D eigenvalue weighted by molar-refractivity contribution is 0.352. The van der Waals surface area contributed by atoms with Crippen molar-refractivity contribution in [2.45, 2.75) is 0 Å². The molecule has 0 aliphatic rings. The second kappa shape index (κ2) is 4.31. The van der Waals surface area contributed by atoms with Gasteiger partial charge in [0.1, 0.15) is 0 Å². The molecule has 0 saturated carbocycles. The molecule has 13 heavy (non-hydrogen) atoms. The largest absolute Gasteiger partial charge is 0.475 e. The van der Waals surface area contributed by atoms with Gasteiger partial charge in [0.2, 0.25) is 5.82 Å². The second-order valence-electron chi connectivity index (χ2n) is 2.05. The smallest absolute Gasteiger partial charge is 0.202 e. The molecule has 0 aromatic heterocycles. The Morgan fingerprint density at radius 3 is 2.38 bits per heavy atom. The third-order valence-electron chi connectivity index (χ3n) is 1.28. The van der Waals surface area contributed by atoms with Crippen LogP contribution in [0.4, 0.5) is 8.78 Å².